The van der Waals surface area contributed by atoms with Crippen molar-refractivity contribution >= 4 is 29.3 Å². The number of nitrogens with two attached hydrogens (primary N) is 1. The lowest BCUT2D eigenvalue weighted by molar-refractivity contribution is -0.131. The van der Waals surface area contributed by atoms with Gasteiger partial charge in [-0.25, -0.2) is 18.6 Å². The van der Waals surface area contributed by atoms with Crippen LogP contribution in [-0.2, 0) is 11.3 Å². The molecule has 2 aromatic rings. The van der Waals surface area contributed by atoms with Crippen LogP contribution in [0.4, 0.5) is 25.0 Å². The number of nitrogens with zero attached hydrogens (tertiary/aromatic N) is 2. The van der Waals surface area contributed by atoms with Crippen molar-refractivity contribution in [3.05, 3.63) is 59.7 Å². The van der Waals surface area contributed by atoms with Crippen molar-refractivity contribution in [2.75, 3.05) is 10.6 Å². The number of rotatable bonds is 6. The molecule has 4 N–H and O–H groups in total. The first kappa shape index (κ1) is 22.2. The third kappa shape index (κ3) is 5.17. The molecule has 0 radical (unpaired) electrons. The quantitative estimate of drug-likeness (QED) is 0.645. The zero-order chi connectivity index (χ0) is 22.8. The molecule has 0 spiro atoms. The molecule has 1 atom stereocenters. The topological polar surface area (TPSA) is 99.8 Å². The molecule has 0 saturated carbocycles. The Morgan fingerprint density at radius 2 is 1.81 bits per heavy atom. The summed E-state index contributed by atoms with van der Waals surface area (Å²) in [4.78, 5) is 30.9. The van der Waals surface area contributed by atoms with Crippen LogP contribution in [0.2, 0.25) is 0 Å². The summed E-state index contributed by atoms with van der Waals surface area (Å²) < 4.78 is 26.3. The third-order valence-corrected chi connectivity index (χ3v) is 4.85. The standard InChI is InChI=1S/C22H25F2N5O2/c1-13(2)11-22(3)19(30)29(20(25)28-22)12-14-5-4-6-15(9-14)26-21(31)27-16-7-8-17(23)18(24)10-16/h4-10,13H,11-12H2,1-3H3,(H2,25,28)(H2,26,27,31). The van der Waals surface area contributed by atoms with Gasteiger partial charge in [-0.05, 0) is 49.1 Å². The fraction of sp³-hybridized carbons (Fsp3) is 0.318. The summed E-state index contributed by atoms with van der Waals surface area (Å²) in [6.07, 6.45) is 0.592. The van der Waals surface area contributed by atoms with Gasteiger partial charge in [-0.15, -0.1) is 0 Å². The number of aliphatic imine (C=N–C) groups is 1. The van der Waals surface area contributed by atoms with E-state index < -0.39 is 23.2 Å². The largest absolute Gasteiger partial charge is 0.369 e. The Bertz CT molecular complexity index is 1040. The molecule has 0 fully saturated rings. The second-order valence-electron chi connectivity index (χ2n) is 8.14. The van der Waals surface area contributed by atoms with Gasteiger partial charge in [0.25, 0.3) is 5.91 Å². The number of halogens is 2. The van der Waals surface area contributed by atoms with Gasteiger partial charge in [-0.3, -0.25) is 9.69 Å². The molecule has 164 valence electrons. The first-order valence-corrected chi connectivity index (χ1v) is 9.86. The fourth-order valence-corrected chi connectivity index (χ4v) is 3.63. The van der Waals surface area contributed by atoms with E-state index in [-0.39, 0.29) is 30.0 Å². The SMILES string of the molecule is CC(C)CC1(C)N=C(N)N(Cc2cccc(NC(=O)Nc3ccc(F)c(F)c3)c2)C1=O. The zero-order valence-corrected chi connectivity index (χ0v) is 17.6. The molecule has 0 aliphatic carbocycles. The minimum absolute atomic E-state index is 0.114. The van der Waals surface area contributed by atoms with Crippen LogP contribution in [-0.4, -0.2) is 28.3 Å². The monoisotopic (exact) mass is 429 g/mol. The molecule has 3 amide bonds. The van der Waals surface area contributed by atoms with Crippen molar-refractivity contribution in [3.8, 4) is 0 Å². The molecule has 1 unspecified atom stereocenters. The highest BCUT2D eigenvalue weighted by Crippen LogP contribution is 2.29. The maximum atomic E-state index is 13.3. The third-order valence-electron chi connectivity index (χ3n) is 4.85. The van der Waals surface area contributed by atoms with E-state index in [9.17, 15) is 18.4 Å². The minimum Gasteiger partial charge on any atom is -0.369 e. The second kappa shape index (κ2) is 8.71. The Kier molecular flexibility index (Phi) is 6.24. The first-order chi connectivity index (χ1) is 14.6. The predicted molar refractivity (Wildman–Crippen MR) is 115 cm³/mol. The number of nitrogens with one attached hydrogen (secondary N) is 2. The highest BCUT2D eigenvalue weighted by Gasteiger charge is 2.44. The van der Waals surface area contributed by atoms with Crippen LogP contribution in [0.1, 0.15) is 32.8 Å². The number of hydrogen-bond donors (Lipinski definition) is 3. The van der Waals surface area contributed by atoms with Gasteiger partial charge in [0.15, 0.2) is 17.6 Å². The van der Waals surface area contributed by atoms with Gasteiger partial charge in [0.05, 0.1) is 6.54 Å². The number of hydrogen-bond acceptors (Lipinski definition) is 4. The molecular formula is C22H25F2N5O2. The van der Waals surface area contributed by atoms with Crippen molar-refractivity contribution in [2.24, 2.45) is 16.6 Å². The summed E-state index contributed by atoms with van der Waals surface area (Å²) in [6, 6.07) is 9.35. The fourth-order valence-electron chi connectivity index (χ4n) is 3.63. The Hall–Kier alpha value is -3.49. The van der Waals surface area contributed by atoms with Crippen molar-refractivity contribution in [2.45, 2.75) is 39.3 Å². The second-order valence-corrected chi connectivity index (χ2v) is 8.14. The van der Waals surface area contributed by atoms with Crippen LogP contribution in [0.3, 0.4) is 0 Å². The van der Waals surface area contributed by atoms with E-state index in [1.807, 2.05) is 13.8 Å². The molecule has 9 heteroatoms. The molecule has 7 nitrogen and oxygen atoms in total. The van der Waals surface area contributed by atoms with E-state index in [0.717, 1.165) is 17.7 Å². The number of urea groups is 1. The number of guanidine groups is 1. The van der Waals surface area contributed by atoms with E-state index in [1.165, 1.54) is 11.0 Å². The van der Waals surface area contributed by atoms with E-state index in [1.54, 1.807) is 31.2 Å². The number of benzene rings is 2. The normalized spacial score (nSPS) is 18.3. The predicted octanol–water partition coefficient (Wildman–Crippen LogP) is 4.07. The number of carbonyl (C=O) groups excluding carboxylic acids is 2. The first-order valence-electron chi connectivity index (χ1n) is 9.86. The number of anilines is 2. The van der Waals surface area contributed by atoms with Crippen molar-refractivity contribution in [1.29, 1.82) is 0 Å². The van der Waals surface area contributed by atoms with Gasteiger partial charge < -0.3 is 16.4 Å². The smallest absolute Gasteiger partial charge is 0.323 e. The molecule has 31 heavy (non-hydrogen) atoms. The Morgan fingerprint density at radius 1 is 1.13 bits per heavy atom. The van der Waals surface area contributed by atoms with Crippen LogP contribution in [0.5, 0.6) is 0 Å². The molecule has 2 aromatic carbocycles. The lowest BCUT2D eigenvalue weighted by Crippen LogP contribution is -2.43. The summed E-state index contributed by atoms with van der Waals surface area (Å²) in [5.74, 6) is -1.76. The average Bonchev–Trinajstić information content (AvgIpc) is 2.87. The van der Waals surface area contributed by atoms with Crippen molar-refractivity contribution in [1.82, 2.24) is 4.90 Å². The van der Waals surface area contributed by atoms with Crippen molar-refractivity contribution in [3.63, 3.8) is 0 Å². The molecular weight excluding hydrogens is 404 g/mol. The zero-order valence-electron chi connectivity index (χ0n) is 17.6. The molecule has 0 saturated heterocycles. The lowest BCUT2D eigenvalue weighted by atomic mass is 9.91. The summed E-state index contributed by atoms with van der Waals surface area (Å²) >= 11 is 0. The minimum atomic E-state index is -1.06. The summed E-state index contributed by atoms with van der Waals surface area (Å²) in [6.45, 7) is 6.03. The van der Waals surface area contributed by atoms with E-state index in [2.05, 4.69) is 15.6 Å². The van der Waals surface area contributed by atoms with E-state index in [0.29, 0.717) is 12.1 Å². The molecule has 1 aliphatic rings. The van der Waals surface area contributed by atoms with Gasteiger partial charge >= 0.3 is 6.03 Å². The van der Waals surface area contributed by atoms with Gasteiger partial charge in [0.1, 0.15) is 5.54 Å². The number of amides is 3. The highest BCUT2D eigenvalue weighted by atomic mass is 19.2. The maximum Gasteiger partial charge on any atom is 0.323 e. The Balaban J connectivity index is 1.66. The van der Waals surface area contributed by atoms with Gasteiger partial charge in [0.2, 0.25) is 0 Å². The summed E-state index contributed by atoms with van der Waals surface area (Å²) in [5.41, 5.74) is 6.46. The molecule has 1 heterocycles. The van der Waals surface area contributed by atoms with Crippen LogP contribution >= 0.6 is 0 Å². The maximum absolute atomic E-state index is 13.3. The summed E-state index contributed by atoms with van der Waals surface area (Å²) in [5, 5.41) is 5.06. The van der Waals surface area contributed by atoms with Crippen LogP contribution < -0.4 is 16.4 Å². The average molecular weight is 429 g/mol. The Labute approximate surface area is 179 Å². The van der Waals surface area contributed by atoms with Gasteiger partial charge in [-0.1, -0.05) is 26.0 Å². The molecule has 0 bridgehead atoms. The van der Waals surface area contributed by atoms with E-state index >= 15 is 0 Å². The van der Waals surface area contributed by atoms with Gasteiger partial charge in [0, 0.05) is 17.4 Å². The van der Waals surface area contributed by atoms with Gasteiger partial charge in [-0.2, -0.15) is 0 Å². The lowest BCUT2D eigenvalue weighted by Gasteiger charge is -2.23. The summed E-state index contributed by atoms with van der Waals surface area (Å²) in [7, 11) is 0. The molecule has 1 aliphatic heterocycles. The molecule has 0 aromatic heterocycles. The van der Waals surface area contributed by atoms with E-state index in [4.69, 9.17) is 5.73 Å². The molecule has 3 rings (SSSR count). The van der Waals surface area contributed by atoms with Crippen LogP contribution in [0, 0.1) is 17.6 Å². The number of carbonyl (C=O) groups is 2. The highest BCUT2D eigenvalue weighted by molar-refractivity contribution is 6.06. The van der Waals surface area contributed by atoms with Crippen LogP contribution in [0.15, 0.2) is 47.5 Å². The van der Waals surface area contributed by atoms with Crippen LogP contribution in [0.25, 0.3) is 0 Å². The Morgan fingerprint density at radius 3 is 2.45 bits per heavy atom. The van der Waals surface area contributed by atoms with Crippen molar-refractivity contribution < 1.29 is 18.4 Å².